The quantitative estimate of drug-likeness (QED) is 0.0780. The number of aryl methyl sites for hydroxylation is 2. The van der Waals surface area contributed by atoms with Gasteiger partial charge < -0.3 is 28.9 Å². The van der Waals surface area contributed by atoms with Crippen LogP contribution in [0.4, 0.5) is 5.69 Å². The normalized spacial score (nSPS) is 13.6. The van der Waals surface area contributed by atoms with Crippen LogP contribution in [0.25, 0.3) is 0 Å². The maximum absolute atomic E-state index is 13.2. The summed E-state index contributed by atoms with van der Waals surface area (Å²) in [6, 6.07) is 8.15. The zero-order valence-electron chi connectivity index (χ0n) is 29.2. The van der Waals surface area contributed by atoms with Crippen molar-refractivity contribution in [1.29, 1.82) is 0 Å². The summed E-state index contributed by atoms with van der Waals surface area (Å²) in [5.74, 6) is -1.30. The standard InChI is InChI=1S/C33H45N5O10S2.Na/c1-37(19-20-49(43,44)45)29(41)13-6-4-3-5-12-28(40)34-16-8-11-26-22-27(39)31(32(42)48-26)30(23-14-15-23)24-9-7-10-25(21-24)36-50(46,47)33-35-17-18-38(33)2;/h7,9-10,17-18,21-23,30,36,39H,3-6,8,11-16,19-20H2,1-2H3,(H,34,40)(H,43,44,45);/q;+1/p-1. The summed E-state index contributed by atoms with van der Waals surface area (Å²) in [7, 11) is -5.29. The Bertz CT molecular complexity index is 1930. The number of unbranched alkanes of at least 4 members (excludes halogenated alkanes) is 3. The van der Waals surface area contributed by atoms with Crippen molar-refractivity contribution in [2.75, 3.05) is 30.6 Å². The van der Waals surface area contributed by atoms with Crippen molar-refractivity contribution < 1.29 is 70.1 Å². The number of carbonyl (C=O) groups is 2. The summed E-state index contributed by atoms with van der Waals surface area (Å²) in [6.45, 7) is 0.208. The molecule has 1 atom stereocenters. The van der Waals surface area contributed by atoms with Crippen molar-refractivity contribution in [2.24, 2.45) is 13.0 Å². The first kappa shape index (κ1) is 42.2. The Labute approximate surface area is 320 Å². The molecule has 1 aromatic carbocycles. The molecular weight excluding hydrogens is 714 g/mol. The molecule has 0 radical (unpaired) electrons. The van der Waals surface area contributed by atoms with Gasteiger partial charge in [-0.3, -0.25) is 14.3 Å². The molecule has 1 unspecified atom stereocenters. The van der Waals surface area contributed by atoms with Crippen LogP contribution in [-0.4, -0.2) is 78.7 Å². The molecule has 274 valence electrons. The van der Waals surface area contributed by atoms with E-state index in [1.807, 2.05) is 0 Å². The van der Waals surface area contributed by atoms with Crippen LogP contribution in [0.15, 0.2) is 57.1 Å². The summed E-state index contributed by atoms with van der Waals surface area (Å²) in [6.07, 6.45) is 8.62. The molecule has 0 aliphatic heterocycles. The molecular formula is C33H44N5NaO10S2. The van der Waals surface area contributed by atoms with Gasteiger partial charge in [0.1, 0.15) is 11.5 Å². The third-order valence-electron chi connectivity index (χ3n) is 8.51. The van der Waals surface area contributed by atoms with Gasteiger partial charge in [-0.15, -0.1) is 0 Å². The molecule has 2 aromatic heterocycles. The van der Waals surface area contributed by atoms with Gasteiger partial charge in [0.05, 0.1) is 21.4 Å². The van der Waals surface area contributed by atoms with E-state index < -0.39 is 37.4 Å². The van der Waals surface area contributed by atoms with Crippen molar-refractivity contribution >= 4 is 37.6 Å². The summed E-state index contributed by atoms with van der Waals surface area (Å²) in [4.78, 5) is 42.6. The third kappa shape index (κ3) is 13.1. The van der Waals surface area contributed by atoms with Crippen LogP contribution in [-0.2, 0) is 43.2 Å². The minimum atomic E-state index is -4.37. The minimum Gasteiger partial charge on any atom is -0.748 e. The predicted octanol–water partition coefficient (Wildman–Crippen LogP) is -0.181. The Kier molecular flexibility index (Phi) is 15.7. The number of benzene rings is 1. The molecule has 1 saturated carbocycles. The number of imidazole rings is 1. The molecule has 1 aliphatic rings. The molecule has 0 saturated heterocycles. The zero-order chi connectivity index (χ0) is 36.5. The second-order valence-corrected chi connectivity index (χ2v) is 15.7. The van der Waals surface area contributed by atoms with Crippen molar-refractivity contribution in [2.45, 2.75) is 75.3 Å². The van der Waals surface area contributed by atoms with E-state index in [1.54, 1.807) is 31.3 Å². The molecule has 2 amide bonds. The van der Waals surface area contributed by atoms with Gasteiger partial charge in [0.2, 0.25) is 17.0 Å². The van der Waals surface area contributed by atoms with Gasteiger partial charge in [-0.2, -0.15) is 8.42 Å². The average Bonchev–Trinajstić information content (AvgIpc) is 3.78. The Morgan fingerprint density at radius 3 is 2.43 bits per heavy atom. The first-order valence-electron chi connectivity index (χ1n) is 16.5. The number of aromatic nitrogens is 2. The zero-order valence-corrected chi connectivity index (χ0v) is 32.8. The molecule has 3 aromatic rings. The molecule has 0 bridgehead atoms. The second-order valence-electron chi connectivity index (χ2n) is 12.6. The summed E-state index contributed by atoms with van der Waals surface area (Å²) in [5, 5.41) is 13.7. The van der Waals surface area contributed by atoms with Gasteiger partial charge >= 0.3 is 35.2 Å². The number of nitrogens with one attached hydrogen (secondary N) is 2. The molecule has 3 N–H and O–H groups in total. The van der Waals surface area contributed by atoms with Gasteiger partial charge in [0.25, 0.3) is 10.0 Å². The number of hydrogen-bond donors (Lipinski definition) is 3. The van der Waals surface area contributed by atoms with Crippen LogP contribution in [0.2, 0.25) is 0 Å². The smallest absolute Gasteiger partial charge is 0.748 e. The van der Waals surface area contributed by atoms with E-state index in [0.717, 1.165) is 25.7 Å². The third-order valence-corrected chi connectivity index (χ3v) is 10.6. The summed E-state index contributed by atoms with van der Waals surface area (Å²) < 4.78 is 67.4. The van der Waals surface area contributed by atoms with E-state index in [9.17, 15) is 40.9 Å². The van der Waals surface area contributed by atoms with Crippen molar-refractivity contribution in [3.63, 3.8) is 0 Å². The van der Waals surface area contributed by atoms with Crippen LogP contribution in [0.5, 0.6) is 5.75 Å². The first-order valence-corrected chi connectivity index (χ1v) is 19.6. The fourth-order valence-corrected chi connectivity index (χ4v) is 7.38. The maximum atomic E-state index is 13.2. The van der Waals surface area contributed by atoms with Crippen LogP contribution in [0, 0.1) is 5.92 Å². The van der Waals surface area contributed by atoms with Crippen molar-refractivity contribution in [3.05, 3.63) is 70.0 Å². The molecule has 1 aliphatic carbocycles. The van der Waals surface area contributed by atoms with E-state index in [1.165, 1.54) is 35.0 Å². The molecule has 4 rings (SSSR count). The number of sulfonamides is 1. The number of hydrogen-bond acceptors (Lipinski definition) is 11. The number of amides is 2. The fraction of sp³-hybridized carbons (Fsp3) is 0.515. The Balaban J connectivity index is 0.00000702. The Hall–Kier alpha value is -3.22. The minimum absolute atomic E-state index is 0. The molecule has 15 nitrogen and oxygen atoms in total. The monoisotopic (exact) mass is 757 g/mol. The predicted molar refractivity (Wildman–Crippen MR) is 183 cm³/mol. The number of rotatable bonds is 20. The van der Waals surface area contributed by atoms with Crippen molar-refractivity contribution in [1.82, 2.24) is 19.8 Å². The number of carbonyl (C=O) groups excluding carboxylic acids is 2. The molecule has 51 heavy (non-hydrogen) atoms. The van der Waals surface area contributed by atoms with Gasteiger partial charge in [-0.05, 0) is 55.7 Å². The van der Waals surface area contributed by atoms with Gasteiger partial charge in [0, 0.05) is 76.5 Å². The van der Waals surface area contributed by atoms with E-state index in [-0.39, 0.29) is 82.5 Å². The molecule has 1 fully saturated rings. The van der Waals surface area contributed by atoms with Crippen molar-refractivity contribution in [3.8, 4) is 5.75 Å². The topological polar surface area (TPSA) is 221 Å². The number of anilines is 1. The van der Waals surface area contributed by atoms with Crippen LogP contribution >= 0.6 is 0 Å². The SMILES string of the molecule is CN(CCS(=O)(=O)[O-])C(=O)CCCCCCC(=O)NCCCc1cc(O)c(C(c2cccc(NS(=O)(=O)c3nccn3C)c2)C2CC2)c(=O)o1.[Na+]. The van der Waals surface area contributed by atoms with Crippen LogP contribution in [0.1, 0.15) is 80.6 Å². The van der Waals surface area contributed by atoms with E-state index in [4.69, 9.17) is 4.42 Å². The second kappa shape index (κ2) is 19.0. The van der Waals surface area contributed by atoms with E-state index in [0.29, 0.717) is 49.9 Å². The Morgan fingerprint density at radius 1 is 1.10 bits per heavy atom. The van der Waals surface area contributed by atoms with E-state index in [2.05, 4.69) is 15.0 Å². The van der Waals surface area contributed by atoms with Gasteiger partial charge in [-0.25, -0.2) is 18.2 Å². The Morgan fingerprint density at radius 2 is 1.80 bits per heavy atom. The van der Waals surface area contributed by atoms with Crippen LogP contribution < -0.4 is 45.2 Å². The molecule has 18 heteroatoms. The fourth-order valence-electron chi connectivity index (χ4n) is 5.72. The summed E-state index contributed by atoms with van der Waals surface area (Å²) >= 11 is 0. The molecule has 0 spiro atoms. The van der Waals surface area contributed by atoms with Gasteiger partial charge in [0.15, 0.2) is 0 Å². The van der Waals surface area contributed by atoms with Crippen LogP contribution in [0.3, 0.4) is 0 Å². The number of aromatic hydroxyl groups is 1. The average molecular weight is 758 g/mol. The van der Waals surface area contributed by atoms with Gasteiger partial charge in [-0.1, -0.05) is 25.0 Å². The molecule has 2 heterocycles. The summed E-state index contributed by atoms with van der Waals surface area (Å²) in [5.41, 5.74) is 0.423. The largest absolute Gasteiger partial charge is 1.00 e. The first-order chi connectivity index (χ1) is 23.6. The van der Waals surface area contributed by atoms with E-state index >= 15 is 0 Å². The number of nitrogens with zero attached hydrogens (tertiary/aromatic N) is 3. The maximum Gasteiger partial charge on any atom is 1.00 e.